The van der Waals surface area contributed by atoms with E-state index < -0.39 is 0 Å². The van der Waals surface area contributed by atoms with Crippen LogP contribution in [0, 0.1) is 0 Å². The molecular formula is C102H61Br4N5S3. The first-order valence-electron chi connectivity index (χ1n) is 37.8. The maximum atomic E-state index is 3.81. The van der Waals surface area contributed by atoms with E-state index >= 15 is 0 Å². The summed E-state index contributed by atoms with van der Waals surface area (Å²) in [6, 6.07) is 132. The molecular weight excluding hydrogens is 1710 g/mol. The molecule has 5 nitrogen and oxygen atoms in total. The zero-order valence-electron chi connectivity index (χ0n) is 60.7. The molecule has 8 heterocycles. The number of fused-ring (bicyclic) bond motifs is 27. The number of nitrogens with zero attached hydrogens (tertiary/aromatic N) is 5. The Bertz CT molecular complexity index is 8150. The number of aromatic nitrogens is 5. The summed E-state index contributed by atoms with van der Waals surface area (Å²) in [6.45, 7) is 0. The fourth-order valence-corrected chi connectivity index (χ4v) is 23.1. The molecule has 114 heavy (non-hydrogen) atoms. The lowest BCUT2D eigenvalue weighted by Gasteiger charge is -2.12. The highest BCUT2D eigenvalue weighted by atomic mass is 79.9. The summed E-state index contributed by atoms with van der Waals surface area (Å²) in [5.41, 5.74) is 18.2. The predicted octanol–water partition coefficient (Wildman–Crippen LogP) is 32.4. The van der Waals surface area contributed by atoms with Gasteiger partial charge in [0, 0.05) is 161 Å². The van der Waals surface area contributed by atoms with Crippen molar-refractivity contribution in [1.82, 2.24) is 22.8 Å². The molecule has 0 radical (unpaired) electrons. The minimum atomic E-state index is 1.08. The Balaban J connectivity index is 0.0000000930. The number of thiophene rings is 3. The molecule has 0 saturated carbocycles. The van der Waals surface area contributed by atoms with Crippen LogP contribution in [0.3, 0.4) is 0 Å². The molecule has 17 aromatic carbocycles. The molecule has 0 bridgehead atoms. The third-order valence-electron chi connectivity index (χ3n) is 22.3. The minimum absolute atomic E-state index is 1.08. The van der Waals surface area contributed by atoms with E-state index in [0.29, 0.717) is 0 Å². The zero-order valence-corrected chi connectivity index (χ0v) is 69.5. The van der Waals surface area contributed by atoms with Crippen molar-refractivity contribution < 1.29 is 0 Å². The van der Waals surface area contributed by atoms with E-state index in [1.165, 1.54) is 192 Å². The molecule has 25 rings (SSSR count). The van der Waals surface area contributed by atoms with Crippen LogP contribution in [0.1, 0.15) is 0 Å². The van der Waals surface area contributed by atoms with Crippen LogP contribution in [0.4, 0.5) is 0 Å². The molecule has 0 aliphatic carbocycles. The van der Waals surface area contributed by atoms with Gasteiger partial charge in [-0.05, 0) is 187 Å². The zero-order chi connectivity index (χ0) is 75.8. The van der Waals surface area contributed by atoms with Gasteiger partial charge < -0.3 is 22.8 Å². The van der Waals surface area contributed by atoms with Crippen LogP contribution >= 0.6 is 97.7 Å². The average molecular weight is 1770 g/mol. The number of benzene rings is 17. The number of rotatable bonds is 5. The monoisotopic (exact) mass is 1770 g/mol. The normalized spacial score (nSPS) is 11.9. The molecule has 0 amide bonds. The van der Waals surface area contributed by atoms with Gasteiger partial charge in [0.05, 0.1) is 55.2 Å². The van der Waals surface area contributed by atoms with Gasteiger partial charge in [-0.3, -0.25) is 0 Å². The van der Waals surface area contributed by atoms with Crippen molar-refractivity contribution in [3.05, 3.63) is 388 Å². The van der Waals surface area contributed by atoms with Crippen molar-refractivity contribution in [2.24, 2.45) is 0 Å². The lowest BCUT2D eigenvalue weighted by atomic mass is 10.1. The van der Waals surface area contributed by atoms with Crippen molar-refractivity contribution in [2.45, 2.75) is 0 Å². The lowest BCUT2D eigenvalue weighted by Crippen LogP contribution is -1.98. The molecule has 540 valence electrons. The highest BCUT2D eigenvalue weighted by molar-refractivity contribution is 9.11. The van der Waals surface area contributed by atoms with Gasteiger partial charge in [0.15, 0.2) is 0 Å². The third-order valence-corrected chi connectivity index (χ3v) is 28.2. The van der Waals surface area contributed by atoms with Crippen LogP contribution < -0.4 is 0 Å². The number of para-hydroxylation sites is 9. The van der Waals surface area contributed by atoms with E-state index in [1.807, 2.05) is 34.0 Å². The first-order chi connectivity index (χ1) is 56.3. The largest absolute Gasteiger partial charge is 0.308 e. The van der Waals surface area contributed by atoms with Gasteiger partial charge in [-0.2, -0.15) is 0 Å². The van der Waals surface area contributed by atoms with E-state index in [0.717, 1.165) is 23.6 Å². The van der Waals surface area contributed by atoms with Gasteiger partial charge in [-0.1, -0.05) is 246 Å². The maximum Gasteiger partial charge on any atom is 0.0788 e. The van der Waals surface area contributed by atoms with Crippen LogP contribution in [-0.4, -0.2) is 22.8 Å². The molecule has 12 heteroatoms. The third kappa shape index (κ3) is 11.1. The van der Waals surface area contributed by atoms with Crippen molar-refractivity contribution >= 4 is 267 Å². The Kier molecular flexibility index (Phi) is 17.1. The fraction of sp³-hybridized carbons (Fsp3) is 0. The van der Waals surface area contributed by atoms with Crippen LogP contribution in [-0.2, 0) is 0 Å². The van der Waals surface area contributed by atoms with Crippen molar-refractivity contribution in [2.75, 3.05) is 0 Å². The number of halogens is 4. The van der Waals surface area contributed by atoms with Crippen molar-refractivity contribution in [1.29, 1.82) is 0 Å². The second kappa shape index (κ2) is 28.2. The van der Waals surface area contributed by atoms with Crippen LogP contribution in [0.25, 0.3) is 198 Å². The lowest BCUT2D eigenvalue weighted by molar-refractivity contribution is 1.15. The van der Waals surface area contributed by atoms with E-state index in [1.54, 1.807) is 0 Å². The van der Waals surface area contributed by atoms with E-state index in [2.05, 4.69) is 457 Å². The highest BCUT2D eigenvalue weighted by Gasteiger charge is 2.25. The Morgan fingerprint density at radius 1 is 0.175 bits per heavy atom. The van der Waals surface area contributed by atoms with Crippen LogP contribution in [0.15, 0.2) is 388 Å². The van der Waals surface area contributed by atoms with Gasteiger partial charge >= 0.3 is 0 Å². The topological polar surface area (TPSA) is 24.6 Å². The van der Waals surface area contributed by atoms with E-state index in [4.69, 9.17) is 0 Å². The summed E-state index contributed by atoms with van der Waals surface area (Å²) in [5.74, 6) is 0. The predicted molar refractivity (Wildman–Crippen MR) is 507 cm³/mol. The Morgan fingerprint density at radius 3 is 1.13 bits per heavy atom. The maximum absolute atomic E-state index is 3.81. The van der Waals surface area contributed by atoms with Gasteiger partial charge in [0.2, 0.25) is 0 Å². The van der Waals surface area contributed by atoms with Crippen molar-refractivity contribution in [3.63, 3.8) is 0 Å². The smallest absolute Gasteiger partial charge is 0.0788 e. The molecule has 0 spiro atoms. The molecule has 0 atom stereocenters. The molecule has 25 aromatic rings. The highest BCUT2D eigenvalue weighted by Crippen LogP contribution is 2.49. The molecule has 8 aromatic heterocycles. The fourth-order valence-electron chi connectivity index (χ4n) is 17.6. The van der Waals surface area contributed by atoms with Gasteiger partial charge in [-0.15, -0.1) is 34.0 Å². The molecule has 0 aliphatic rings. The van der Waals surface area contributed by atoms with Gasteiger partial charge in [-0.25, -0.2) is 0 Å². The number of hydrogen-bond donors (Lipinski definition) is 0. The molecule has 0 aliphatic heterocycles. The SMILES string of the molecule is Brc1ccc2c3ccc4c5ccccc5n(-c5ccccc5)c4c3n(-c3ccccc3)c2c1.Brc1cccc2c3c4sc5ccccc5c4ccc3n(-c3ccccc3)c12.Brc1cccc2c3cc4sc5ccccc5c4cc3n(-c3ccccc3)c12.Brc1cccc2c3ccc4sc5ccccc5c4c3n(-c3ccccc3)c12. The molecule has 0 saturated heterocycles. The molecule has 0 N–H and O–H groups in total. The van der Waals surface area contributed by atoms with Crippen molar-refractivity contribution in [3.8, 4) is 28.4 Å². The Morgan fingerprint density at radius 2 is 0.544 bits per heavy atom. The Labute approximate surface area is 699 Å². The van der Waals surface area contributed by atoms with Crippen LogP contribution in [0.5, 0.6) is 0 Å². The second-order valence-electron chi connectivity index (χ2n) is 28.6. The summed E-state index contributed by atoms with van der Waals surface area (Å²) in [4.78, 5) is 0. The molecule has 0 unspecified atom stereocenters. The first-order valence-corrected chi connectivity index (χ1v) is 43.4. The molecule has 0 fully saturated rings. The summed E-state index contributed by atoms with van der Waals surface area (Å²) >= 11 is 20.7. The van der Waals surface area contributed by atoms with Crippen LogP contribution in [0.2, 0.25) is 0 Å². The average Bonchev–Trinajstić information content (AvgIpc) is 1.87. The van der Waals surface area contributed by atoms with E-state index in [-0.39, 0.29) is 0 Å². The first kappa shape index (κ1) is 69.1. The van der Waals surface area contributed by atoms with Gasteiger partial charge in [0.1, 0.15) is 0 Å². The summed E-state index contributed by atoms with van der Waals surface area (Å²) in [5, 5.41) is 20.9. The standard InChI is InChI=1S/C30H19BrN2.3C24H14BrNS/c31-20-15-16-24-26-18-17-25-23-13-7-8-14-27(23)32(21-9-3-1-4-10-21)29(25)30(26)33(28(24)19-20)22-11-5-2-6-12-22;25-20-11-6-10-17-18-14-23-19(16-9-4-5-12-22(16)27-23)13-21(18)26(24(17)20)15-7-2-1-3-8-15;25-19-11-6-10-16-17-13-14-21-22(18-9-4-5-12-20(18)27-21)24(17)26(23(16)19)15-7-2-1-3-8-15;25-19-11-6-10-18-22-20(26(23(18)19)15-7-2-1-3-8-15)14-13-17-16-9-4-5-12-21(16)27-24(17)22/h1-19H;3*1-14H. The summed E-state index contributed by atoms with van der Waals surface area (Å²) in [7, 11) is 0. The minimum Gasteiger partial charge on any atom is -0.308 e. The Hall–Kier alpha value is -11.7. The quantitative estimate of drug-likeness (QED) is 0.164. The second-order valence-corrected chi connectivity index (χ2v) is 35.3. The van der Waals surface area contributed by atoms with E-state index in [9.17, 15) is 0 Å². The summed E-state index contributed by atoms with van der Waals surface area (Å²) in [6.07, 6.45) is 0. The summed E-state index contributed by atoms with van der Waals surface area (Å²) < 4.78 is 24.5. The number of hydrogen-bond acceptors (Lipinski definition) is 3. The van der Waals surface area contributed by atoms with Gasteiger partial charge in [0.25, 0.3) is 0 Å².